The summed E-state index contributed by atoms with van der Waals surface area (Å²) in [4.78, 5) is 0. The van der Waals surface area contributed by atoms with Gasteiger partial charge in [-0.05, 0) is 49.1 Å². The molecule has 0 aliphatic heterocycles. The van der Waals surface area contributed by atoms with Crippen molar-refractivity contribution in [3.05, 3.63) is 52.7 Å². The van der Waals surface area contributed by atoms with Gasteiger partial charge in [0.2, 0.25) is 0 Å². The highest BCUT2D eigenvalue weighted by molar-refractivity contribution is 5.45. The Hall–Kier alpha value is -2.04. The molecule has 0 aliphatic carbocycles. The average molecular weight is 291 g/mol. The summed E-state index contributed by atoms with van der Waals surface area (Å²) < 4.78 is 26.5. The Morgan fingerprint density at radius 1 is 0.952 bits per heavy atom. The third-order valence-electron chi connectivity index (χ3n) is 3.33. The highest BCUT2D eigenvalue weighted by Crippen LogP contribution is 2.23. The summed E-state index contributed by atoms with van der Waals surface area (Å²) in [6.45, 7) is 7.86. The van der Waals surface area contributed by atoms with Crippen LogP contribution < -0.4 is 5.32 Å². The summed E-state index contributed by atoms with van der Waals surface area (Å²) in [6, 6.07) is 5.18. The molecule has 3 nitrogen and oxygen atoms in total. The molecule has 0 spiro atoms. The van der Waals surface area contributed by atoms with Crippen molar-refractivity contribution in [1.82, 2.24) is 10.2 Å². The molecule has 0 saturated heterocycles. The highest BCUT2D eigenvalue weighted by atomic mass is 19.1. The van der Waals surface area contributed by atoms with Crippen molar-refractivity contribution in [3.63, 3.8) is 0 Å². The molecule has 0 bridgehead atoms. The van der Waals surface area contributed by atoms with Crippen LogP contribution in [0.25, 0.3) is 0 Å². The van der Waals surface area contributed by atoms with Crippen molar-refractivity contribution >= 4 is 5.82 Å². The van der Waals surface area contributed by atoms with E-state index in [-0.39, 0.29) is 6.04 Å². The molecule has 0 aliphatic rings. The van der Waals surface area contributed by atoms with Crippen LogP contribution in [0.2, 0.25) is 0 Å². The molecule has 0 saturated carbocycles. The van der Waals surface area contributed by atoms with Crippen LogP contribution >= 0.6 is 0 Å². The second-order valence-corrected chi connectivity index (χ2v) is 5.52. The maximum atomic E-state index is 13.3. The number of halogens is 2. The number of hydrogen-bond acceptors (Lipinski definition) is 3. The summed E-state index contributed by atoms with van der Waals surface area (Å²) in [7, 11) is 0. The van der Waals surface area contributed by atoms with Crippen molar-refractivity contribution < 1.29 is 8.78 Å². The lowest BCUT2D eigenvalue weighted by molar-refractivity contribution is 0.577. The Kier molecular flexibility index (Phi) is 4.50. The lowest BCUT2D eigenvalue weighted by atomic mass is 10.1. The standard InChI is InChI=1S/C16H19F2N3/c1-9(2)15-5-10(3)16(21-20-15)19-11(4)12-6-13(17)8-14(18)7-12/h5-9,11H,1-4H3,(H,19,21)/t11-/m1/s1. The normalized spacial score (nSPS) is 12.5. The SMILES string of the molecule is Cc1cc(C(C)C)nnc1N[C@H](C)c1cc(F)cc(F)c1. The first-order valence-electron chi connectivity index (χ1n) is 6.93. The Labute approximate surface area is 123 Å². The van der Waals surface area contributed by atoms with E-state index in [2.05, 4.69) is 29.4 Å². The van der Waals surface area contributed by atoms with Gasteiger partial charge in [0.15, 0.2) is 5.82 Å². The molecule has 1 atom stereocenters. The molecule has 1 heterocycles. The molecule has 0 fully saturated rings. The molecule has 2 aromatic rings. The van der Waals surface area contributed by atoms with Gasteiger partial charge in [0.05, 0.1) is 11.7 Å². The second kappa shape index (κ2) is 6.16. The van der Waals surface area contributed by atoms with E-state index in [1.807, 2.05) is 19.9 Å². The molecule has 21 heavy (non-hydrogen) atoms. The van der Waals surface area contributed by atoms with Crippen LogP contribution in [0.4, 0.5) is 14.6 Å². The van der Waals surface area contributed by atoms with E-state index in [0.29, 0.717) is 17.3 Å². The van der Waals surface area contributed by atoms with Gasteiger partial charge in [0.1, 0.15) is 11.6 Å². The van der Waals surface area contributed by atoms with E-state index >= 15 is 0 Å². The molecule has 112 valence electrons. The number of rotatable bonds is 4. The number of hydrogen-bond donors (Lipinski definition) is 1. The van der Waals surface area contributed by atoms with Crippen molar-refractivity contribution in [2.24, 2.45) is 0 Å². The zero-order chi connectivity index (χ0) is 15.6. The van der Waals surface area contributed by atoms with E-state index in [9.17, 15) is 8.78 Å². The van der Waals surface area contributed by atoms with Gasteiger partial charge in [0, 0.05) is 6.07 Å². The smallest absolute Gasteiger partial charge is 0.152 e. The Morgan fingerprint density at radius 3 is 2.10 bits per heavy atom. The lowest BCUT2D eigenvalue weighted by Gasteiger charge is -2.17. The predicted molar refractivity (Wildman–Crippen MR) is 79.3 cm³/mol. The molecule has 0 radical (unpaired) electrons. The van der Waals surface area contributed by atoms with Crippen molar-refractivity contribution in [2.75, 3.05) is 5.32 Å². The van der Waals surface area contributed by atoms with E-state index < -0.39 is 11.6 Å². The highest BCUT2D eigenvalue weighted by Gasteiger charge is 2.12. The molecule has 1 aromatic carbocycles. The fourth-order valence-corrected chi connectivity index (χ4v) is 2.04. The van der Waals surface area contributed by atoms with Crippen molar-refractivity contribution in [3.8, 4) is 0 Å². The van der Waals surface area contributed by atoms with Crippen LogP contribution in [-0.4, -0.2) is 10.2 Å². The fourth-order valence-electron chi connectivity index (χ4n) is 2.04. The fraction of sp³-hybridized carbons (Fsp3) is 0.375. The van der Waals surface area contributed by atoms with Gasteiger partial charge in [-0.1, -0.05) is 13.8 Å². The van der Waals surface area contributed by atoms with E-state index in [1.54, 1.807) is 0 Å². The number of nitrogens with one attached hydrogen (secondary N) is 1. The average Bonchev–Trinajstić information content (AvgIpc) is 2.39. The first kappa shape index (κ1) is 15.4. The summed E-state index contributed by atoms with van der Waals surface area (Å²) in [5.41, 5.74) is 2.40. The molecule has 0 amide bonds. The van der Waals surface area contributed by atoms with Gasteiger partial charge >= 0.3 is 0 Å². The van der Waals surface area contributed by atoms with Gasteiger partial charge in [0.25, 0.3) is 0 Å². The third kappa shape index (κ3) is 3.74. The Morgan fingerprint density at radius 2 is 1.57 bits per heavy atom. The zero-order valence-corrected chi connectivity index (χ0v) is 12.6. The van der Waals surface area contributed by atoms with Crippen LogP contribution in [0, 0.1) is 18.6 Å². The monoisotopic (exact) mass is 291 g/mol. The molecule has 5 heteroatoms. The molecular weight excluding hydrogens is 272 g/mol. The minimum absolute atomic E-state index is 0.270. The second-order valence-electron chi connectivity index (χ2n) is 5.52. The van der Waals surface area contributed by atoms with Crippen LogP contribution in [0.5, 0.6) is 0 Å². The predicted octanol–water partition coefficient (Wildman–Crippen LogP) is 4.36. The maximum Gasteiger partial charge on any atom is 0.152 e. The summed E-state index contributed by atoms with van der Waals surface area (Å²) in [6.07, 6.45) is 0. The van der Waals surface area contributed by atoms with Gasteiger partial charge < -0.3 is 5.32 Å². The van der Waals surface area contributed by atoms with E-state index in [0.717, 1.165) is 17.3 Å². The third-order valence-corrected chi connectivity index (χ3v) is 3.33. The van der Waals surface area contributed by atoms with Crippen LogP contribution in [0.15, 0.2) is 24.3 Å². The first-order chi connectivity index (χ1) is 9.86. The molecule has 0 unspecified atom stereocenters. The zero-order valence-electron chi connectivity index (χ0n) is 12.6. The molecule has 2 rings (SSSR count). The van der Waals surface area contributed by atoms with Gasteiger partial charge in [-0.3, -0.25) is 0 Å². The molecular formula is C16H19F2N3. The molecule has 1 aromatic heterocycles. The van der Waals surface area contributed by atoms with Crippen LogP contribution in [0.1, 0.15) is 49.6 Å². The topological polar surface area (TPSA) is 37.8 Å². The summed E-state index contributed by atoms with van der Waals surface area (Å²) >= 11 is 0. The van der Waals surface area contributed by atoms with Crippen LogP contribution in [0.3, 0.4) is 0 Å². The number of nitrogens with zero attached hydrogens (tertiary/aromatic N) is 2. The van der Waals surface area contributed by atoms with E-state index in [1.165, 1.54) is 12.1 Å². The number of aromatic nitrogens is 2. The van der Waals surface area contributed by atoms with Gasteiger partial charge in [-0.25, -0.2) is 8.78 Å². The van der Waals surface area contributed by atoms with Gasteiger partial charge in [-0.2, -0.15) is 5.10 Å². The summed E-state index contributed by atoms with van der Waals surface area (Å²) in [5.74, 6) is -0.246. The minimum Gasteiger partial charge on any atom is -0.362 e. The van der Waals surface area contributed by atoms with Crippen LogP contribution in [-0.2, 0) is 0 Å². The Bertz CT molecular complexity index is 621. The summed E-state index contributed by atoms with van der Waals surface area (Å²) in [5, 5.41) is 11.5. The minimum atomic E-state index is -0.586. The van der Waals surface area contributed by atoms with Crippen molar-refractivity contribution in [1.29, 1.82) is 0 Å². The van der Waals surface area contributed by atoms with E-state index in [4.69, 9.17) is 0 Å². The quantitative estimate of drug-likeness (QED) is 0.909. The number of anilines is 1. The largest absolute Gasteiger partial charge is 0.362 e. The lowest BCUT2D eigenvalue weighted by Crippen LogP contribution is -2.11. The molecule has 1 N–H and O–H groups in total. The van der Waals surface area contributed by atoms with Gasteiger partial charge in [-0.15, -0.1) is 5.10 Å². The number of benzene rings is 1. The van der Waals surface area contributed by atoms with Crippen molar-refractivity contribution in [2.45, 2.75) is 39.7 Å². The first-order valence-corrected chi connectivity index (χ1v) is 6.93. The number of aryl methyl sites for hydroxylation is 1. The Balaban J connectivity index is 2.21. The maximum absolute atomic E-state index is 13.3.